The third kappa shape index (κ3) is 4.80. The molecule has 1 amide bonds. The zero-order valence-corrected chi connectivity index (χ0v) is 16.4. The Labute approximate surface area is 172 Å². The summed E-state index contributed by atoms with van der Waals surface area (Å²) in [6.07, 6.45) is 0. The average Bonchev–Trinajstić information content (AvgIpc) is 2.69. The number of nitrogens with one attached hydrogen (secondary N) is 1. The quantitative estimate of drug-likeness (QED) is 0.565. The first-order chi connectivity index (χ1) is 13.5. The molecule has 9 heteroatoms. The predicted molar refractivity (Wildman–Crippen MR) is 107 cm³/mol. The second-order valence-corrected chi connectivity index (χ2v) is 7.16. The highest BCUT2D eigenvalue weighted by atomic mass is 35.5. The van der Waals surface area contributed by atoms with Crippen LogP contribution in [-0.2, 0) is 4.74 Å². The zero-order chi connectivity index (χ0) is 20.1. The Morgan fingerprint density at radius 3 is 2.61 bits per heavy atom. The highest BCUT2D eigenvalue weighted by molar-refractivity contribution is 6.31. The summed E-state index contributed by atoms with van der Waals surface area (Å²) in [4.78, 5) is 25.5. The average molecular weight is 424 g/mol. The lowest BCUT2D eigenvalue weighted by atomic mass is 10.0. The van der Waals surface area contributed by atoms with Crippen molar-refractivity contribution in [2.24, 2.45) is 0 Å². The molecule has 1 fully saturated rings. The molecular formula is C19H19Cl2N3O4. The number of nitro groups is 1. The van der Waals surface area contributed by atoms with Gasteiger partial charge in [0.2, 0.25) is 0 Å². The number of amides is 1. The standard InChI is InChI=1S/C19H19Cl2N3O4/c20-13-5-6-17(24(26)27)15(11-13)19(25)22-12-18(23-7-9-28-10-8-23)14-3-1-2-4-16(14)21/h1-6,11,18H,7-10,12H2,(H,22,25). The number of morpholine rings is 1. The Balaban J connectivity index is 1.82. The molecule has 28 heavy (non-hydrogen) atoms. The van der Waals surface area contributed by atoms with Crippen molar-refractivity contribution in [1.29, 1.82) is 0 Å². The Hall–Kier alpha value is -2.19. The molecule has 1 atom stereocenters. The molecule has 0 saturated carbocycles. The number of halogens is 2. The number of carbonyl (C=O) groups is 1. The first-order valence-electron chi connectivity index (χ1n) is 8.75. The number of nitrogens with zero attached hydrogens (tertiary/aromatic N) is 2. The maximum atomic E-state index is 12.7. The van der Waals surface area contributed by atoms with Crippen LogP contribution < -0.4 is 5.32 Å². The summed E-state index contributed by atoms with van der Waals surface area (Å²) < 4.78 is 5.41. The molecule has 1 heterocycles. The molecule has 0 aliphatic carbocycles. The van der Waals surface area contributed by atoms with Gasteiger partial charge in [-0.25, -0.2) is 0 Å². The maximum absolute atomic E-state index is 12.7. The van der Waals surface area contributed by atoms with E-state index < -0.39 is 10.8 Å². The van der Waals surface area contributed by atoms with E-state index in [1.807, 2.05) is 18.2 Å². The van der Waals surface area contributed by atoms with Gasteiger partial charge >= 0.3 is 0 Å². The van der Waals surface area contributed by atoms with Crippen LogP contribution in [0.25, 0.3) is 0 Å². The Kier molecular flexibility index (Phi) is 6.85. The van der Waals surface area contributed by atoms with Gasteiger partial charge in [-0.2, -0.15) is 0 Å². The normalized spacial score (nSPS) is 15.8. The van der Waals surface area contributed by atoms with Gasteiger partial charge in [-0.3, -0.25) is 19.8 Å². The molecule has 3 rings (SSSR count). The number of rotatable bonds is 6. The van der Waals surface area contributed by atoms with Gasteiger partial charge in [0.1, 0.15) is 5.56 Å². The molecule has 1 aliphatic rings. The fourth-order valence-electron chi connectivity index (χ4n) is 3.20. The molecule has 0 spiro atoms. The lowest BCUT2D eigenvalue weighted by Crippen LogP contribution is -2.44. The van der Waals surface area contributed by atoms with E-state index in [1.54, 1.807) is 6.07 Å². The molecule has 0 bridgehead atoms. The molecule has 2 aromatic rings. The van der Waals surface area contributed by atoms with Crippen molar-refractivity contribution < 1.29 is 14.5 Å². The summed E-state index contributed by atoms with van der Waals surface area (Å²) in [5.41, 5.74) is 0.520. The van der Waals surface area contributed by atoms with E-state index in [0.717, 1.165) is 5.56 Å². The Bertz CT molecular complexity index is 872. The molecule has 1 aliphatic heterocycles. The zero-order valence-electron chi connectivity index (χ0n) is 14.9. The van der Waals surface area contributed by atoms with Crippen molar-refractivity contribution in [3.05, 3.63) is 73.8 Å². The van der Waals surface area contributed by atoms with Crippen LogP contribution in [0.3, 0.4) is 0 Å². The van der Waals surface area contributed by atoms with Crippen LogP contribution in [-0.4, -0.2) is 48.6 Å². The van der Waals surface area contributed by atoms with Crippen molar-refractivity contribution in [1.82, 2.24) is 10.2 Å². The number of ether oxygens (including phenoxy) is 1. The van der Waals surface area contributed by atoms with Gasteiger partial charge in [0.15, 0.2) is 0 Å². The monoisotopic (exact) mass is 423 g/mol. The van der Waals surface area contributed by atoms with E-state index in [1.165, 1.54) is 18.2 Å². The SMILES string of the molecule is O=C(NCC(c1ccccc1Cl)N1CCOCC1)c1cc(Cl)ccc1[N+](=O)[O-]. The molecule has 7 nitrogen and oxygen atoms in total. The summed E-state index contributed by atoms with van der Waals surface area (Å²) in [7, 11) is 0. The first-order valence-corrected chi connectivity index (χ1v) is 9.51. The second-order valence-electron chi connectivity index (χ2n) is 6.31. The fourth-order valence-corrected chi connectivity index (χ4v) is 3.64. The maximum Gasteiger partial charge on any atom is 0.282 e. The van der Waals surface area contributed by atoms with Crippen LogP contribution in [0.15, 0.2) is 42.5 Å². The topological polar surface area (TPSA) is 84.7 Å². The molecule has 1 N–H and O–H groups in total. The lowest BCUT2D eigenvalue weighted by molar-refractivity contribution is -0.385. The highest BCUT2D eigenvalue weighted by Crippen LogP contribution is 2.28. The van der Waals surface area contributed by atoms with E-state index in [0.29, 0.717) is 31.3 Å². The summed E-state index contributed by atoms with van der Waals surface area (Å²) in [5.74, 6) is -0.556. The van der Waals surface area contributed by atoms with Gasteiger partial charge in [-0.1, -0.05) is 41.4 Å². The molecule has 1 unspecified atom stereocenters. The van der Waals surface area contributed by atoms with Gasteiger partial charge in [-0.15, -0.1) is 0 Å². The minimum atomic E-state index is -0.598. The molecule has 0 radical (unpaired) electrons. The largest absolute Gasteiger partial charge is 0.379 e. The van der Waals surface area contributed by atoms with Gasteiger partial charge in [0, 0.05) is 35.7 Å². The summed E-state index contributed by atoms with van der Waals surface area (Å²) >= 11 is 12.3. The van der Waals surface area contributed by atoms with Gasteiger partial charge in [0.05, 0.1) is 24.2 Å². The first kappa shape index (κ1) is 20.5. The van der Waals surface area contributed by atoms with Crippen molar-refractivity contribution in [2.45, 2.75) is 6.04 Å². The summed E-state index contributed by atoms with van der Waals surface area (Å²) in [6, 6.07) is 11.2. The van der Waals surface area contributed by atoms with Crippen molar-refractivity contribution in [2.75, 3.05) is 32.8 Å². The van der Waals surface area contributed by atoms with Crippen molar-refractivity contribution >= 4 is 34.8 Å². The van der Waals surface area contributed by atoms with E-state index >= 15 is 0 Å². The van der Waals surface area contributed by atoms with E-state index in [4.69, 9.17) is 27.9 Å². The lowest BCUT2D eigenvalue weighted by Gasteiger charge is -2.35. The molecule has 0 aromatic heterocycles. The number of nitro benzene ring substituents is 1. The number of hydrogen-bond donors (Lipinski definition) is 1. The molecule has 1 saturated heterocycles. The van der Waals surface area contributed by atoms with Gasteiger partial charge in [0.25, 0.3) is 11.6 Å². The van der Waals surface area contributed by atoms with Crippen LogP contribution in [0.5, 0.6) is 0 Å². The van der Waals surface area contributed by atoms with Crippen molar-refractivity contribution in [3.63, 3.8) is 0 Å². The van der Waals surface area contributed by atoms with Crippen LogP contribution in [0.2, 0.25) is 10.0 Å². The number of hydrogen-bond acceptors (Lipinski definition) is 5. The summed E-state index contributed by atoms with van der Waals surface area (Å²) in [6.45, 7) is 2.82. The van der Waals surface area contributed by atoms with Gasteiger partial charge < -0.3 is 10.1 Å². The minimum absolute atomic E-state index is 0.0719. The predicted octanol–water partition coefficient (Wildman–Crippen LogP) is 3.70. The fraction of sp³-hybridized carbons (Fsp3) is 0.316. The van der Waals surface area contributed by atoms with E-state index in [9.17, 15) is 14.9 Å². The van der Waals surface area contributed by atoms with Gasteiger partial charge in [-0.05, 0) is 23.8 Å². The van der Waals surface area contributed by atoms with Crippen LogP contribution in [0, 0.1) is 10.1 Å². The summed E-state index contributed by atoms with van der Waals surface area (Å²) in [5, 5.41) is 14.9. The van der Waals surface area contributed by atoms with E-state index in [-0.39, 0.29) is 28.9 Å². The molecule has 2 aromatic carbocycles. The van der Waals surface area contributed by atoms with Crippen molar-refractivity contribution in [3.8, 4) is 0 Å². The van der Waals surface area contributed by atoms with Crippen LogP contribution in [0.1, 0.15) is 22.0 Å². The molecule has 148 valence electrons. The number of benzene rings is 2. The second kappa shape index (κ2) is 9.34. The highest BCUT2D eigenvalue weighted by Gasteiger charge is 2.26. The van der Waals surface area contributed by atoms with E-state index in [2.05, 4.69) is 10.2 Å². The van der Waals surface area contributed by atoms with Crippen LogP contribution in [0.4, 0.5) is 5.69 Å². The molecular weight excluding hydrogens is 405 g/mol. The number of carbonyl (C=O) groups excluding carboxylic acids is 1. The Morgan fingerprint density at radius 2 is 1.93 bits per heavy atom. The third-order valence-corrected chi connectivity index (χ3v) is 5.19. The smallest absolute Gasteiger partial charge is 0.282 e. The minimum Gasteiger partial charge on any atom is -0.379 e. The Morgan fingerprint density at radius 1 is 1.21 bits per heavy atom. The van der Waals surface area contributed by atoms with Crippen LogP contribution >= 0.6 is 23.2 Å². The third-order valence-electron chi connectivity index (χ3n) is 4.61.